The first-order chi connectivity index (χ1) is 9.90. The number of benzene rings is 2. The molecule has 0 heterocycles. The number of hydrogen-bond acceptors (Lipinski definition) is 2. The second kappa shape index (κ2) is 6.50. The lowest BCUT2D eigenvalue weighted by atomic mass is 10.1. The van der Waals surface area contributed by atoms with Gasteiger partial charge < -0.3 is 9.80 Å². The zero-order valence-electron chi connectivity index (χ0n) is 12.1. The van der Waals surface area contributed by atoms with Gasteiger partial charge in [-0.2, -0.15) is 0 Å². The van der Waals surface area contributed by atoms with Crippen molar-refractivity contribution in [2.24, 2.45) is 0 Å². The molecular weight excluding hydrogens is 352 g/mol. The summed E-state index contributed by atoms with van der Waals surface area (Å²) in [5.74, 6) is -0.0945. The summed E-state index contributed by atoms with van der Waals surface area (Å²) in [7, 11) is 5.61. The lowest BCUT2D eigenvalue weighted by Gasteiger charge is -2.20. The largest absolute Gasteiger partial charge is 0.378 e. The van der Waals surface area contributed by atoms with Crippen molar-refractivity contribution in [2.45, 2.75) is 0 Å². The SMILES string of the molecule is CN(C)c1cccc(C(=O)N(C)c2ccc(Br)cc2Cl)c1. The van der Waals surface area contributed by atoms with E-state index < -0.39 is 0 Å². The number of nitrogens with zero attached hydrogens (tertiary/aromatic N) is 2. The van der Waals surface area contributed by atoms with Crippen LogP contribution in [0.15, 0.2) is 46.9 Å². The third-order valence-electron chi connectivity index (χ3n) is 3.19. The maximum Gasteiger partial charge on any atom is 0.258 e. The summed E-state index contributed by atoms with van der Waals surface area (Å²) in [5.41, 5.74) is 2.29. The molecule has 2 aromatic rings. The molecule has 0 fully saturated rings. The molecule has 0 aliphatic heterocycles. The molecule has 5 heteroatoms. The van der Waals surface area contributed by atoms with Gasteiger partial charge in [-0.25, -0.2) is 0 Å². The van der Waals surface area contributed by atoms with Crippen molar-refractivity contribution in [2.75, 3.05) is 30.9 Å². The maximum atomic E-state index is 12.6. The molecule has 2 aromatic carbocycles. The average molecular weight is 368 g/mol. The third kappa shape index (κ3) is 3.57. The molecule has 0 bridgehead atoms. The van der Waals surface area contributed by atoms with E-state index in [-0.39, 0.29) is 5.91 Å². The van der Waals surface area contributed by atoms with Crippen LogP contribution in [-0.4, -0.2) is 27.1 Å². The summed E-state index contributed by atoms with van der Waals surface area (Å²) in [6, 6.07) is 13.0. The van der Waals surface area contributed by atoms with Crippen LogP contribution in [0.25, 0.3) is 0 Å². The fraction of sp³-hybridized carbons (Fsp3) is 0.188. The molecule has 110 valence electrons. The molecule has 0 N–H and O–H groups in total. The monoisotopic (exact) mass is 366 g/mol. The second-order valence-electron chi connectivity index (χ2n) is 4.90. The Balaban J connectivity index is 2.33. The molecule has 0 aliphatic carbocycles. The van der Waals surface area contributed by atoms with Gasteiger partial charge in [-0.05, 0) is 36.4 Å². The van der Waals surface area contributed by atoms with Gasteiger partial charge in [0, 0.05) is 36.9 Å². The molecule has 0 aliphatic rings. The Bertz CT molecular complexity index is 673. The first-order valence-electron chi connectivity index (χ1n) is 6.40. The van der Waals surface area contributed by atoms with Crippen LogP contribution < -0.4 is 9.80 Å². The van der Waals surface area contributed by atoms with Crippen molar-refractivity contribution in [1.29, 1.82) is 0 Å². The third-order valence-corrected chi connectivity index (χ3v) is 3.98. The zero-order chi connectivity index (χ0) is 15.6. The van der Waals surface area contributed by atoms with Crippen molar-refractivity contribution >= 4 is 44.8 Å². The van der Waals surface area contributed by atoms with Crippen molar-refractivity contribution in [3.8, 4) is 0 Å². The molecule has 21 heavy (non-hydrogen) atoms. The van der Waals surface area contributed by atoms with E-state index in [1.807, 2.05) is 49.3 Å². The smallest absolute Gasteiger partial charge is 0.258 e. The number of hydrogen-bond donors (Lipinski definition) is 0. The van der Waals surface area contributed by atoms with Gasteiger partial charge in [0.25, 0.3) is 5.91 Å². The lowest BCUT2D eigenvalue weighted by molar-refractivity contribution is 0.0993. The van der Waals surface area contributed by atoms with Crippen LogP contribution in [0.5, 0.6) is 0 Å². The summed E-state index contributed by atoms with van der Waals surface area (Å²) in [5, 5.41) is 0.531. The first-order valence-corrected chi connectivity index (χ1v) is 7.57. The zero-order valence-corrected chi connectivity index (χ0v) is 14.4. The Kier molecular flexibility index (Phi) is 4.91. The van der Waals surface area contributed by atoms with Crippen LogP contribution in [0.1, 0.15) is 10.4 Å². The molecule has 0 spiro atoms. The van der Waals surface area contributed by atoms with Gasteiger partial charge in [0.05, 0.1) is 10.7 Å². The molecule has 0 saturated carbocycles. The molecule has 1 amide bonds. The summed E-state index contributed by atoms with van der Waals surface area (Å²) in [6.45, 7) is 0. The minimum atomic E-state index is -0.0945. The Hall–Kier alpha value is -1.52. The van der Waals surface area contributed by atoms with E-state index in [0.717, 1.165) is 10.2 Å². The van der Waals surface area contributed by atoms with Gasteiger partial charge in [-0.15, -0.1) is 0 Å². The number of rotatable bonds is 3. The normalized spacial score (nSPS) is 10.3. The highest BCUT2D eigenvalue weighted by Crippen LogP contribution is 2.29. The molecule has 3 nitrogen and oxygen atoms in total. The van der Waals surface area contributed by atoms with Gasteiger partial charge in [0.1, 0.15) is 0 Å². The summed E-state index contributed by atoms with van der Waals surface area (Å²) < 4.78 is 0.881. The average Bonchev–Trinajstić information content (AvgIpc) is 2.46. The van der Waals surface area contributed by atoms with E-state index in [4.69, 9.17) is 11.6 Å². The highest BCUT2D eigenvalue weighted by Gasteiger charge is 2.16. The van der Waals surface area contributed by atoms with Crippen LogP contribution in [-0.2, 0) is 0 Å². The van der Waals surface area contributed by atoms with Crippen LogP contribution in [0.4, 0.5) is 11.4 Å². The lowest BCUT2D eigenvalue weighted by Crippen LogP contribution is -2.26. The van der Waals surface area contributed by atoms with E-state index >= 15 is 0 Å². The molecular formula is C16H16BrClN2O. The number of anilines is 2. The van der Waals surface area contributed by atoms with Crippen LogP contribution in [0.3, 0.4) is 0 Å². The predicted octanol–water partition coefficient (Wildman–Crippen LogP) is 4.45. The topological polar surface area (TPSA) is 23.6 Å². The quantitative estimate of drug-likeness (QED) is 0.800. The minimum Gasteiger partial charge on any atom is -0.378 e. The van der Waals surface area contributed by atoms with Gasteiger partial charge in [0.2, 0.25) is 0 Å². The number of amides is 1. The predicted molar refractivity (Wildman–Crippen MR) is 92.7 cm³/mol. The minimum absolute atomic E-state index is 0.0945. The maximum absolute atomic E-state index is 12.6. The van der Waals surface area contributed by atoms with Crippen LogP contribution in [0.2, 0.25) is 5.02 Å². The van der Waals surface area contributed by atoms with Crippen LogP contribution >= 0.6 is 27.5 Å². The van der Waals surface area contributed by atoms with E-state index in [9.17, 15) is 4.79 Å². The van der Waals surface area contributed by atoms with Crippen LogP contribution in [0, 0.1) is 0 Å². The fourth-order valence-corrected chi connectivity index (χ4v) is 2.77. The molecule has 2 rings (SSSR count). The van der Waals surface area contributed by atoms with Crippen molar-refractivity contribution in [3.63, 3.8) is 0 Å². The van der Waals surface area contributed by atoms with E-state index in [2.05, 4.69) is 15.9 Å². The Labute approximate surface area is 138 Å². The van der Waals surface area contributed by atoms with Gasteiger partial charge >= 0.3 is 0 Å². The van der Waals surface area contributed by atoms with E-state index in [1.54, 1.807) is 24.1 Å². The Morgan fingerprint density at radius 3 is 2.43 bits per heavy atom. The Morgan fingerprint density at radius 2 is 1.81 bits per heavy atom. The highest BCUT2D eigenvalue weighted by molar-refractivity contribution is 9.10. The first kappa shape index (κ1) is 15.9. The molecule has 0 aromatic heterocycles. The molecule has 0 saturated heterocycles. The number of carbonyl (C=O) groups is 1. The van der Waals surface area contributed by atoms with E-state index in [0.29, 0.717) is 16.3 Å². The van der Waals surface area contributed by atoms with Gasteiger partial charge in [-0.1, -0.05) is 33.6 Å². The highest BCUT2D eigenvalue weighted by atomic mass is 79.9. The number of carbonyl (C=O) groups excluding carboxylic acids is 1. The van der Waals surface area contributed by atoms with Crippen molar-refractivity contribution in [1.82, 2.24) is 0 Å². The molecule has 0 radical (unpaired) electrons. The van der Waals surface area contributed by atoms with Crippen molar-refractivity contribution < 1.29 is 4.79 Å². The van der Waals surface area contributed by atoms with E-state index in [1.165, 1.54) is 0 Å². The standard InChI is InChI=1S/C16H16BrClN2O/c1-19(2)13-6-4-5-11(9-13)16(21)20(3)15-8-7-12(17)10-14(15)18/h4-10H,1-3H3. The summed E-state index contributed by atoms with van der Waals surface area (Å²) >= 11 is 9.56. The van der Waals surface area contributed by atoms with Gasteiger partial charge in [-0.3, -0.25) is 4.79 Å². The van der Waals surface area contributed by atoms with Crippen molar-refractivity contribution in [3.05, 3.63) is 57.5 Å². The Morgan fingerprint density at radius 1 is 1.10 bits per heavy atom. The molecule has 0 atom stereocenters. The second-order valence-corrected chi connectivity index (χ2v) is 6.23. The molecule has 0 unspecified atom stereocenters. The fourth-order valence-electron chi connectivity index (χ4n) is 1.97. The summed E-state index contributed by atoms with van der Waals surface area (Å²) in [4.78, 5) is 16.1. The van der Waals surface area contributed by atoms with Gasteiger partial charge in [0.15, 0.2) is 0 Å². The number of halogens is 2. The summed E-state index contributed by atoms with van der Waals surface area (Å²) in [6.07, 6.45) is 0.